The highest BCUT2D eigenvalue weighted by Crippen LogP contribution is 2.31. The van der Waals surface area contributed by atoms with Gasteiger partial charge in [-0.05, 0) is 54.1 Å². The first-order valence-electron chi connectivity index (χ1n) is 12.1. The molecule has 194 valence electrons. The van der Waals surface area contributed by atoms with Gasteiger partial charge in [-0.3, -0.25) is 9.08 Å². The summed E-state index contributed by atoms with van der Waals surface area (Å²) in [5.41, 5.74) is 9.75. The van der Waals surface area contributed by atoms with Crippen LogP contribution in [0.2, 0.25) is 0 Å². The monoisotopic (exact) mass is 529 g/mol. The minimum absolute atomic E-state index is 0.194. The number of para-hydroxylation sites is 1. The molecule has 0 amide bonds. The van der Waals surface area contributed by atoms with Crippen LogP contribution in [0.25, 0.3) is 16.9 Å². The predicted molar refractivity (Wildman–Crippen MR) is 144 cm³/mol. The van der Waals surface area contributed by atoms with Crippen molar-refractivity contribution < 1.29 is 17.3 Å². The number of aromatic nitrogens is 2. The van der Waals surface area contributed by atoms with Gasteiger partial charge in [0.05, 0.1) is 18.6 Å². The summed E-state index contributed by atoms with van der Waals surface area (Å²) in [5, 5.41) is 14.5. The summed E-state index contributed by atoms with van der Waals surface area (Å²) >= 11 is 0. The minimum atomic E-state index is -3.42. The van der Waals surface area contributed by atoms with Crippen LogP contribution in [0.5, 0.6) is 11.5 Å². The van der Waals surface area contributed by atoms with Gasteiger partial charge in [-0.1, -0.05) is 30.3 Å². The Bertz CT molecular complexity index is 1570. The van der Waals surface area contributed by atoms with Crippen LogP contribution < -0.4 is 10.5 Å². The van der Waals surface area contributed by atoms with Gasteiger partial charge >= 0.3 is 0 Å². The van der Waals surface area contributed by atoms with Crippen molar-refractivity contribution in [1.82, 2.24) is 14.7 Å². The molecule has 2 heterocycles. The number of nitriles is 1. The van der Waals surface area contributed by atoms with Gasteiger partial charge in [0.1, 0.15) is 34.6 Å². The minimum Gasteiger partial charge on any atom is -0.457 e. The molecule has 1 aliphatic heterocycles. The van der Waals surface area contributed by atoms with Crippen LogP contribution in [0.4, 0.5) is 5.82 Å². The van der Waals surface area contributed by atoms with E-state index in [1.54, 1.807) is 4.68 Å². The summed E-state index contributed by atoms with van der Waals surface area (Å²) < 4.78 is 34.7. The largest absolute Gasteiger partial charge is 0.457 e. The molecule has 38 heavy (non-hydrogen) atoms. The highest BCUT2D eigenvalue weighted by atomic mass is 32.2. The lowest BCUT2D eigenvalue weighted by atomic mass is 10.0. The molecule has 1 aromatic heterocycles. The van der Waals surface area contributed by atoms with Crippen molar-refractivity contribution in [3.05, 3.63) is 90.0 Å². The quantitative estimate of drug-likeness (QED) is 0.320. The first-order chi connectivity index (χ1) is 18.3. The summed E-state index contributed by atoms with van der Waals surface area (Å²) in [5.74, 6) is 1.88. The fourth-order valence-electron chi connectivity index (χ4n) is 4.42. The Morgan fingerprint density at radius 2 is 1.74 bits per heavy atom. The maximum absolute atomic E-state index is 11.2. The van der Waals surface area contributed by atoms with Crippen LogP contribution in [-0.2, 0) is 20.8 Å². The Balaban J connectivity index is 1.30. The van der Waals surface area contributed by atoms with E-state index in [0.29, 0.717) is 23.6 Å². The number of benzene rings is 3. The number of hydrogen-bond acceptors (Lipinski definition) is 8. The molecule has 4 aromatic rings. The molecule has 1 aliphatic rings. The summed E-state index contributed by atoms with van der Waals surface area (Å²) in [4.78, 5) is 2.22. The Morgan fingerprint density at radius 3 is 2.42 bits per heavy atom. The second kappa shape index (κ2) is 10.7. The van der Waals surface area contributed by atoms with E-state index in [4.69, 9.17) is 14.7 Å². The summed E-state index contributed by atoms with van der Waals surface area (Å²) in [6, 6.07) is 26.9. The van der Waals surface area contributed by atoms with Crippen LogP contribution in [-0.4, -0.2) is 49.1 Å². The fraction of sp³-hybridized carbons (Fsp3) is 0.214. The summed E-state index contributed by atoms with van der Waals surface area (Å²) in [6.07, 6.45) is 1.06. The molecule has 0 spiro atoms. The van der Waals surface area contributed by atoms with Crippen LogP contribution in [0.15, 0.2) is 78.9 Å². The van der Waals surface area contributed by atoms with Gasteiger partial charge in [-0.15, -0.1) is 0 Å². The van der Waals surface area contributed by atoms with E-state index in [2.05, 4.69) is 16.1 Å². The van der Waals surface area contributed by atoms with Crippen LogP contribution >= 0.6 is 0 Å². The normalized spacial score (nSPS) is 14.1. The predicted octanol–water partition coefficient (Wildman–Crippen LogP) is 4.19. The molecule has 1 fully saturated rings. The highest BCUT2D eigenvalue weighted by molar-refractivity contribution is 7.85. The SMILES string of the molecule is CS(=O)(=O)OCC1CN(Cc2cccc(-n3nc(-c4ccc(Oc5ccccc5)cc4)c(C#N)c3N)c2)C1. The van der Waals surface area contributed by atoms with Crippen molar-refractivity contribution in [3.63, 3.8) is 0 Å². The lowest BCUT2D eigenvalue weighted by Gasteiger charge is -2.38. The number of rotatable bonds is 9. The molecule has 2 N–H and O–H groups in total. The first-order valence-corrected chi connectivity index (χ1v) is 13.9. The van der Waals surface area contributed by atoms with Gasteiger partial charge < -0.3 is 10.5 Å². The third-order valence-electron chi connectivity index (χ3n) is 6.25. The fourth-order valence-corrected chi connectivity index (χ4v) is 4.86. The smallest absolute Gasteiger partial charge is 0.264 e. The Labute approximate surface area is 221 Å². The number of nitrogens with two attached hydrogens (primary N) is 1. The van der Waals surface area contributed by atoms with Crippen LogP contribution in [0.1, 0.15) is 11.1 Å². The van der Waals surface area contributed by atoms with E-state index in [0.717, 1.165) is 41.9 Å². The van der Waals surface area contributed by atoms with Crippen molar-refractivity contribution >= 4 is 15.9 Å². The Hall–Kier alpha value is -4.17. The van der Waals surface area contributed by atoms with Crippen molar-refractivity contribution in [2.24, 2.45) is 5.92 Å². The molecule has 0 atom stereocenters. The number of likely N-dealkylation sites (tertiary alicyclic amines) is 1. The maximum Gasteiger partial charge on any atom is 0.264 e. The Kier molecular flexibility index (Phi) is 7.15. The number of anilines is 1. The van der Waals surface area contributed by atoms with Crippen molar-refractivity contribution in [2.45, 2.75) is 6.54 Å². The van der Waals surface area contributed by atoms with Gasteiger partial charge in [-0.2, -0.15) is 18.8 Å². The molecule has 3 aromatic carbocycles. The lowest BCUT2D eigenvalue weighted by molar-refractivity contribution is 0.0580. The van der Waals surface area contributed by atoms with E-state index >= 15 is 0 Å². The lowest BCUT2D eigenvalue weighted by Crippen LogP contribution is -2.48. The van der Waals surface area contributed by atoms with Gasteiger partial charge in [0.2, 0.25) is 0 Å². The second-order valence-corrected chi connectivity index (χ2v) is 10.9. The van der Waals surface area contributed by atoms with Crippen molar-refractivity contribution in [1.29, 1.82) is 5.26 Å². The Morgan fingerprint density at radius 1 is 1.03 bits per heavy atom. The summed E-state index contributed by atoms with van der Waals surface area (Å²) in [7, 11) is -3.42. The third-order valence-corrected chi connectivity index (χ3v) is 6.82. The molecule has 1 saturated heterocycles. The van der Waals surface area contributed by atoms with E-state index < -0.39 is 10.1 Å². The molecule has 0 bridgehead atoms. The average molecular weight is 530 g/mol. The molecule has 5 rings (SSSR count). The van der Waals surface area contributed by atoms with Gasteiger partial charge in [-0.25, -0.2) is 4.68 Å². The van der Waals surface area contributed by atoms with Crippen molar-refractivity contribution in [2.75, 3.05) is 31.7 Å². The number of ether oxygens (including phenoxy) is 1. The van der Waals surface area contributed by atoms with Crippen molar-refractivity contribution in [3.8, 4) is 34.5 Å². The number of nitrogens with zero attached hydrogens (tertiary/aromatic N) is 4. The molecule has 10 heteroatoms. The van der Waals surface area contributed by atoms with Gasteiger partial charge in [0, 0.05) is 31.1 Å². The topological polar surface area (TPSA) is 123 Å². The zero-order valence-electron chi connectivity index (χ0n) is 20.8. The number of nitrogen functional groups attached to an aromatic ring is 1. The van der Waals surface area contributed by atoms with Gasteiger partial charge in [0.25, 0.3) is 10.1 Å². The first kappa shape index (κ1) is 25.5. The van der Waals surface area contributed by atoms with E-state index in [1.165, 1.54) is 0 Å². The number of hydrogen-bond donors (Lipinski definition) is 1. The average Bonchev–Trinajstić information content (AvgIpc) is 3.22. The zero-order chi connectivity index (χ0) is 26.7. The van der Waals surface area contributed by atoms with Crippen LogP contribution in [0, 0.1) is 17.2 Å². The van der Waals surface area contributed by atoms with E-state index in [-0.39, 0.29) is 18.3 Å². The molecule has 0 unspecified atom stereocenters. The molecular weight excluding hydrogens is 502 g/mol. The molecule has 0 radical (unpaired) electrons. The highest BCUT2D eigenvalue weighted by Gasteiger charge is 2.28. The van der Waals surface area contributed by atoms with E-state index in [1.807, 2.05) is 78.9 Å². The van der Waals surface area contributed by atoms with Crippen LogP contribution in [0.3, 0.4) is 0 Å². The molecule has 0 saturated carbocycles. The summed E-state index contributed by atoms with van der Waals surface area (Å²) in [6.45, 7) is 2.43. The maximum atomic E-state index is 11.2. The molecule has 9 nitrogen and oxygen atoms in total. The van der Waals surface area contributed by atoms with E-state index in [9.17, 15) is 13.7 Å². The van der Waals surface area contributed by atoms with Gasteiger partial charge in [0.15, 0.2) is 0 Å². The molecular formula is C28H27N5O4S. The second-order valence-electron chi connectivity index (χ2n) is 9.29. The standard InChI is InChI=1S/C28H27N5O4S/c1-38(34,35)36-19-21-17-32(18-21)16-20-6-5-7-23(14-20)33-28(30)26(15-29)27(31-33)22-10-12-25(13-11-22)37-24-8-3-2-4-9-24/h2-14,21H,16-19,30H2,1H3. The third kappa shape index (κ3) is 5.86. The zero-order valence-corrected chi connectivity index (χ0v) is 21.6. The molecule has 0 aliphatic carbocycles.